The first-order valence-electron chi connectivity index (χ1n) is 7.30. The molecule has 1 saturated carbocycles. The molecule has 102 valence electrons. The largest absolute Gasteiger partial charge is 0.313 e. The van der Waals surface area contributed by atoms with Crippen LogP contribution in [-0.2, 0) is 4.79 Å². The van der Waals surface area contributed by atoms with Gasteiger partial charge in [0.2, 0.25) is 5.91 Å². The summed E-state index contributed by atoms with van der Waals surface area (Å²) in [6.45, 7) is 3.03. The highest BCUT2D eigenvalue weighted by atomic mass is 16.2. The summed E-state index contributed by atoms with van der Waals surface area (Å²) in [5.74, 6) is 1.17. The Labute approximate surface area is 115 Å². The number of hydrogen-bond acceptors (Lipinski definition) is 2. The topological polar surface area (TPSA) is 32.3 Å². The van der Waals surface area contributed by atoms with Gasteiger partial charge < -0.3 is 10.2 Å². The monoisotopic (exact) mass is 258 g/mol. The van der Waals surface area contributed by atoms with Gasteiger partial charge in [0.15, 0.2) is 0 Å². The number of nitrogens with one attached hydrogen (secondary N) is 1. The summed E-state index contributed by atoms with van der Waals surface area (Å²) in [5.41, 5.74) is 2.38. The van der Waals surface area contributed by atoms with Crippen LogP contribution in [0.25, 0.3) is 0 Å². The lowest BCUT2D eigenvalue weighted by molar-refractivity contribution is -0.120. The molecule has 1 heterocycles. The molecule has 3 rings (SSSR count). The van der Waals surface area contributed by atoms with E-state index in [0.717, 1.165) is 31.5 Å². The van der Waals surface area contributed by atoms with E-state index in [9.17, 15) is 4.79 Å². The number of para-hydroxylation sites is 1. The van der Waals surface area contributed by atoms with E-state index in [1.54, 1.807) is 0 Å². The fourth-order valence-electron chi connectivity index (χ4n) is 3.15. The molecule has 3 atom stereocenters. The Bertz CT molecular complexity index is 485. The minimum absolute atomic E-state index is 0.263. The van der Waals surface area contributed by atoms with Gasteiger partial charge in [0.25, 0.3) is 0 Å². The Kier molecular flexibility index (Phi) is 3.31. The lowest BCUT2D eigenvalue weighted by Gasteiger charge is -2.24. The van der Waals surface area contributed by atoms with Crippen molar-refractivity contribution in [3.63, 3.8) is 0 Å². The highest BCUT2D eigenvalue weighted by Gasteiger charge is 2.42. The third-order valence-corrected chi connectivity index (χ3v) is 4.52. The van der Waals surface area contributed by atoms with E-state index in [2.05, 4.69) is 30.4 Å². The van der Waals surface area contributed by atoms with Gasteiger partial charge in [0, 0.05) is 24.2 Å². The van der Waals surface area contributed by atoms with Crippen molar-refractivity contribution in [2.75, 3.05) is 18.5 Å². The van der Waals surface area contributed by atoms with Crippen molar-refractivity contribution in [1.29, 1.82) is 0 Å². The molecule has 1 aromatic rings. The number of rotatable bonds is 2. The second kappa shape index (κ2) is 4.97. The molecule has 19 heavy (non-hydrogen) atoms. The van der Waals surface area contributed by atoms with Crippen molar-refractivity contribution in [2.24, 2.45) is 11.8 Å². The fraction of sp³-hybridized carbons (Fsp3) is 0.562. The summed E-state index contributed by atoms with van der Waals surface area (Å²) in [5, 5.41) is 3.38. The van der Waals surface area contributed by atoms with Crippen molar-refractivity contribution in [3.05, 3.63) is 29.8 Å². The Morgan fingerprint density at radius 1 is 1.37 bits per heavy atom. The quantitative estimate of drug-likeness (QED) is 0.884. The number of amides is 1. The van der Waals surface area contributed by atoms with Crippen LogP contribution in [0.1, 0.15) is 37.8 Å². The van der Waals surface area contributed by atoms with Gasteiger partial charge in [-0.2, -0.15) is 0 Å². The summed E-state index contributed by atoms with van der Waals surface area (Å²) in [4.78, 5) is 14.6. The maximum atomic E-state index is 12.6. The third-order valence-electron chi connectivity index (χ3n) is 4.52. The average molecular weight is 258 g/mol. The van der Waals surface area contributed by atoms with Gasteiger partial charge >= 0.3 is 0 Å². The predicted molar refractivity (Wildman–Crippen MR) is 77.1 cm³/mol. The fourth-order valence-corrected chi connectivity index (χ4v) is 3.15. The molecule has 1 amide bonds. The number of hydrogen-bond donors (Lipinski definition) is 1. The van der Waals surface area contributed by atoms with Gasteiger partial charge in [-0.15, -0.1) is 0 Å². The second-order valence-corrected chi connectivity index (χ2v) is 5.85. The van der Waals surface area contributed by atoms with Crippen LogP contribution in [0.4, 0.5) is 5.69 Å². The van der Waals surface area contributed by atoms with Crippen LogP contribution >= 0.6 is 0 Å². The third kappa shape index (κ3) is 2.27. The number of nitrogens with zero attached hydrogens (tertiary/aromatic N) is 1. The normalized spacial score (nSPS) is 29.6. The minimum Gasteiger partial charge on any atom is -0.313 e. The van der Waals surface area contributed by atoms with Crippen LogP contribution in [0.15, 0.2) is 24.3 Å². The molecular formula is C16H22N2O. The highest BCUT2D eigenvalue weighted by molar-refractivity contribution is 5.97. The Balaban J connectivity index is 1.94. The highest BCUT2D eigenvalue weighted by Crippen LogP contribution is 2.42. The van der Waals surface area contributed by atoms with E-state index in [1.165, 1.54) is 5.56 Å². The van der Waals surface area contributed by atoms with Crippen LogP contribution in [0.2, 0.25) is 0 Å². The lowest BCUT2D eigenvalue weighted by Crippen LogP contribution is -2.33. The van der Waals surface area contributed by atoms with E-state index in [4.69, 9.17) is 0 Å². The molecule has 3 unspecified atom stereocenters. The Hall–Kier alpha value is -1.35. The van der Waals surface area contributed by atoms with Crippen LogP contribution in [0, 0.1) is 11.8 Å². The van der Waals surface area contributed by atoms with E-state index >= 15 is 0 Å². The van der Waals surface area contributed by atoms with Crippen molar-refractivity contribution >= 4 is 11.6 Å². The van der Waals surface area contributed by atoms with Gasteiger partial charge in [-0.25, -0.2) is 0 Å². The molecule has 3 nitrogen and oxygen atoms in total. The molecule has 1 N–H and O–H groups in total. The first-order valence-corrected chi connectivity index (χ1v) is 7.30. The zero-order valence-electron chi connectivity index (χ0n) is 11.7. The van der Waals surface area contributed by atoms with Gasteiger partial charge in [-0.1, -0.05) is 25.1 Å². The molecule has 0 spiro atoms. The molecule has 1 aromatic carbocycles. The van der Waals surface area contributed by atoms with Crippen LogP contribution in [0.3, 0.4) is 0 Å². The standard InChI is InChI=1S/C16H22N2O/c1-11-10-13(11)16(19)18-9-5-7-14(17-2)12-6-3-4-8-15(12)18/h3-4,6,8,11,13-14,17H,5,7,9-10H2,1-2H3. The molecule has 2 aliphatic rings. The smallest absolute Gasteiger partial charge is 0.230 e. The number of fused-ring (bicyclic) bond motifs is 1. The molecule has 0 saturated heterocycles. The molecular weight excluding hydrogens is 236 g/mol. The van der Waals surface area contributed by atoms with E-state index in [-0.39, 0.29) is 5.92 Å². The maximum absolute atomic E-state index is 12.6. The molecule has 1 aliphatic carbocycles. The van der Waals surface area contributed by atoms with Crippen molar-refractivity contribution in [2.45, 2.75) is 32.2 Å². The Morgan fingerprint density at radius 2 is 2.11 bits per heavy atom. The molecule has 0 bridgehead atoms. The van der Waals surface area contributed by atoms with E-state index in [0.29, 0.717) is 17.9 Å². The van der Waals surface area contributed by atoms with Gasteiger partial charge in [0.1, 0.15) is 0 Å². The summed E-state index contributed by atoms with van der Waals surface area (Å²) >= 11 is 0. The summed E-state index contributed by atoms with van der Waals surface area (Å²) in [7, 11) is 2.00. The molecule has 0 aromatic heterocycles. The zero-order valence-corrected chi connectivity index (χ0v) is 11.7. The number of anilines is 1. The van der Waals surface area contributed by atoms with Crippen LogP contribution in [-0.4, -0.2) is 19.5 Å². The van der Waals surface area contributed by atoms with Gasteiger partial charge in [-0.3, -0.25) is 4.79 Å². The number of carbonyl (C=O) groups excluding carboxylic acids is 1. The second-order valence-electron chi connectivity index (χ2n) is 5.85. The number of carbonyl (C=O) groups is 1. The van der Waals surface area contributed by atoms with Crippen LogP contribution in [0.5, 0.6) is 0 Å². The van der Waals surface area contributed by atoms with Gasteiger partial charge in [0.05, 0.1) is 0 Å². The minimum atomic E-state index is 0.263. The van der Waals surface area contributed by atoms with E-state index in [1.807, 2.05) is 18.0 Å². The van der Waals surface area contributed by atoms with E-state index < -0.39 is 0 Å². The van der Waals surface area contributed by atoms with Crippen molar-refractivity contribution < 1.29 is 4.79 Å². The molecule has 0 radical (unpaired) electrons. The lowest BCUT2D eigenvalue weighted by atomic mass is 10.0. The maximum Gasteiger partial charge on any atom is 0.230 e. The van der Waals surface area contributed by atoms with Crippen molar-refractivity contribution in [3.8, 4) is 0 Å². The molecule has 1 fully saturated rings. The van der Waals surface area contributed by atoms with Gasteiger partial charge in [-0.05, 0) is 43.9 Å². The first kappa shape index (κ1) is 12.7. The zero-order chi connectivity index (χ0) is 13.4. The predicted octanol–water partition coefficient (Wildman–Crippen LogP) is 2.73. The molecule has 1 aliphatic heterocycles. The van der Waals surface area contributed by atoms with Crippen molar-refractivity contribution in [1.82, 2.24) is 5.32 Å². The number of benzene rings is 1. The van der Waals surface area contributed by atoms with Crippen LogP contribution < -0.4 is 10.2 Å². The summed E-state index contributed by atoms with van der Waals surface area (Å²) in [6.07, 6.45) is 3.22. The summed E-state index contributed by atoms with van der Waals surface area (Å²) in [6, 6.07) is 8.71. The summed E-state index contributed by atoms with van der Waals surface area (Å²) < 4.78 is 0. The first-order chi connectivity index (χ1) is 9.22. The Morgan fingerprint density at radius 3 is 2.79 bits per heavy atom. The molecule has 3 heteroatoms. The average Bonchev–Trinajstić information content (AvgIpc) is 3.18. The SMILES string of the molecule is CNC1CCCN(C(=O)C2CC2C)c2ccccc21.